The predicted octanol–water partition coefficient (Wildman–Crippen LogP) is 2.75. The summed E-state index contributed by atoms with van der Waals surface area (Å²) in [6, 6.07) is 12.5. The number of hydrogen-bond donors (Lipinski definition) is 1. The van der Waals surface area contributed by atoms with Gasteiger partial charge < -0.3 is 14.8 Å². The Kier molecular flexibility index (Phi) is 4.64. The van der Waals surface area contributed by atoms with Crippen LogP contribution in [0.4, 0.5) is 0 Å². The first kappa shape index (κ1) is 18.2. The highest BCUT2D eigenvalue weighted by Crippen LogP contribution is 2.32. The zero-order chi connectivity index (χ0) is 19.7. The number of thiophene rings is 1. The lowest BCUT2D eigenvalue weighted by atomic mass is 10.0. The molecular formula is C20H19N3O4S. The molecule has 3 heterocycles. The van der Waals surface area contributed by atoms with E-state index in [1.807, 2.05) is 35.7 Å². The van der Waals surface area contributed by atoms with Crippen molar-refractivity contribution in [2.75, 3.05) is 6.79 Å². The van der Waals surface area contributed by atoms with E-state index in [9.17, 15) is 9.59 Å². The zero-order valence-corrected chi connectivity index (χ0v) is 16.3. The SMILES string of the molecule is CC(C)(C(=O)NCc1ccc2c(c1)OCO2)n1nc(-c2cccs2)ccc1=O. The van der Waals surface area contributed by atoms with Gasteiger partial charge >= 0.3 is 0 Å². The van der Waals surface area contributed by atoms with Crippen molar-refractivity contribution in [3.63, 3.8) is 0 Å². The highest BCUT2D eigenvalue weighted by Gasteiger charge is 2.32. The van der Waals surface area contributed by atoms with Crippen LogP contribution in [0.15, 0.2) is 52.6 Å². The molecule has 1 aliphatic heterocycles. The molecule has 0 radical (unpaired) electrons. The molecule has 0 fully saturated rings. The summed E-state index contributed by atoms with van der Waals surface area (Å²) in [7, 11) is 0. The Morgan fingerprint density at radius 2 is 2.04 bits per heavy atom. The maximum Gasteiger partial charge on any atom is 0.267 e. The molecule has 0 atom stereocenters. The number of benzene rings is 1. The molecule has 0 aliphatic carbocycles. The molecule has 0 unspecified atom stereocenters. The minimum absolute atomic E-state index is 0.202. The Hall–Kier alpha value is -3.13. The van der Waals surface area contributed by atoms with E-state index in [4.69, 9.17) is 9.47 Å². The van der Waals surface area contributed by atoms with Gasteiger partial charge in [-0.25, -0.2) is 4.68 Å². The standard InChI is InChI=1S/C20H19N3O4S/c1-20(2,23-18(24)8-6-14(22-23)17-4-3-9-28-17)19(25)21-11-13-5-7-15-16(10-13)27-12-26-15/h3-10H,11-12H2,1-2H3,(H,21,25). The molecule has 28 heavy (non-hydrogen) atoms. The van der Waals surface area contributed by atoms with Crippen molar-refractivity contribution >= 4 is 17.2 Å². The lowest BCUT2D eigenvalue weighted by molar-refractivity contribution is -0.129. The molecule has 8 heteroatoms. The van der Waals surface area contributed by atoms with E-state index < -0.39 is 5.54 Å². The van der Waals surface area contributed by atoms with Gasteiger partial charge in [0.1, 0.15) is 11.2 Å². The van der Waals surface area contributed by atoms with Gasteiger partial charge in [0.2, 0.25) is 12.7 Å². The fraction of sp³-hybridized carbons (Fsp3) is 0.250. The molecule has 0 saturated carbocycles. The van der Waals surface area contributed by atoms with E-state index in [0.29, 0.717) is 23.7 Å². The second-order valence-electron chi connectivity index (χ2n) is 6.88. The third-order valence-corrected chi connectivity index (χ3v) is 5.44. The van der Waals surface area contributed by atoms with Crippen molar-refractivity contribution in [2.45, 2.75) is 25.9 Å². The number of aromatic nitrogens is 2. The van der Waals surface area contributed by atoms with Crippen LogP contribution in [-0.4, -0.2) is 22.5 Å². The summed E-state index contributed by atoms with van der Waals surface area (Å²) in [6.07, 6.45) is 0. The molecule has 3 aromatic rings. The summed E-state index contributed by atoms with van der Waals surface area (Å²) in [5.74, 6) is 1.05. The first-order chi connectivity index (χ1) is 13.4. The van der Waals surface area contributed by atoms with Crippen LogP contribution in [-0.2, 0) is 16.9 Å². The van der Waals surface area contributed by atoms with Crippen molar-refractivity contribution in [1.82, 2.24) is 15.1 Å². The van der Waals surface area contributed by atoms with E-state index in [0.717, 1.165) is 10.4 Å². The molecule has 4 rings (SSSR count). The molecule has 2 aromatic heterocycles. The molecule has 7 nitrogen and oxygen atoms in total. The van der Waals surface area contributed by atoms with Gasteiger partial charge in [-0.15, -0.1) is 11.3 Å². The molecule has 1 aliphatic rings. The lowest BCUT2D eigenvalue weighted by Crippen LogP contribution is -2.49. The van der Waals surface area contributed by atoms with E-state index in [2.05, 4.69) is 10.4 Å². The van der Waals surface area contributed by atoms with Crippen molar-refractivity contribution in [2.24, 2.45) is 0 Å². The third-order valence-electron chi connectivity index (χ3n) is 4.55. The number of hydrogen-bond acceptors (Lipinski definition) is 6. The molecule has 144 valence electrons. The Balaban J connectivity index is 1.53. The molecule has 1 N–H and O–H groups in total. The number of amides is 1. The number of ether oxygens (including phenoxy) is 2. The molecule has 1 aromatic carbocycles. The summed E-state index contributed by atoms with van der Waals surface area (Å²) in [4.78, 5) is 26.2. The van der Waals surface area contributed by atoms with Crippen LogP contribution < -0.4 is 20.3 Å². The third kappa shape index (κ3) is 3.38. The number of fused-ring (bicyclic) bond motifs is 1. The van der Waals surface area contributed by atoms with Crippen LogP contribution in [0.5, 0.6) is 11.5 Å². The van der Waals surface area contributed by atoms with Crippen LogP contribution in [0, 0.1) is 0 Å². The minimum Gasteiger partial charge on any atom is -0.454 e. The van der Waals surface area contributed by atoms with Crippen molar-refractivity contribution in [1.29, 1.82) is 0 Å². The number of nitrogens with zero attached hydrogens (tertiary/aromatic N) is 2. The molecule has 1 amide bonds. The number of carbonyl (C=O) groups excluding carboxylic acids is 1. The van der Waals surface area contributed by atoms with Gasteiger partial charge in [0.05, 0.1) is 4.88 Å². The van der Waals surface area contributed by atoms with Crippen LogP contribution in [0.3, 0.4) is 0 Å². The molecule has 0 bridgehead atoms. The predicted molar refractivity (Wildman–Crippen MR) is 106 cm³/mol. The van der Waals surface area contributed by atoms with Crippen LogP contribution in [0.2, 0.25) is 0 Å². The first-order valence-electron chi connectivity index (χ1n) is 8.77. The topological polar surface area (TPSA) is 82.4 Å². The maximum absolute atomic E-state index is 12.9. The van der Waals surface area contributed by atoms with Gasteiger partial charge in [0, 0.05) is 12.6 Å². The number of rotatable bonds is 5. The second-order valence-corrected chi connectivity index (χ2v) is 7.82. The van der Waals surface area contributed by atoms with E-state index in [1.54, 1.807) is 19.9 Å². The monoisotopic (exact) mass is 397 g/mol. The highest BCUT2D eigenvalue weighted by molar-refractivity contribution is 7.13. The van der Waals surface area contributed by atoms with E-state index >= 15 is 0 Å². The van der Waals surface area contributed by atoms with E-state index in [-0.39, 0.29) is 18.3 Å². The summed E-state index contributed by atoms with van der Waals surface area (Å²) in [5, 5.41) is 9.25. The van der Waals surface area contributed by atoms with Crippen molar-refractivity contribution in [3.05, 3.63) is 63.8 Å². The van der Waals surface area contributed by atoms with Crippen molar-refractivity contribution in [3.8, 4) is 22.1 Å². The quantitative estimate of drug-likeness (QED) is 0.716. The largest absolute Gasteiger partial charge is 0.454 e. The highest BCUT2D eigenvalue weighted by atomic mass is 32.1. The zero-order valence-electron chi connectivity index (χ0n) is 15.5. The Morgan fingerprint density at radius 1 is 1.21 bits per heavy atom. The maximum atomic E-state index is 12.9. The van der Waals surface area contributed by atoms with Gasteiger partial charge in [0.15, 0.2) is 11.5 Å². The Bertz CT molecular complexity index is 1070. The normalized spacial score (nSPS) is 12.8. The van der Waals surface area contributed by atoms with Crippen molar-refractivity contribution < 1.29 is 14.3 Å². The van der Waals surface area contributed by atoms with Crippen LogP contribution >= 0.6 is 11.3 Å². The summed E-state index contributed by atoms with van der Waals surface area (Å²) in [5.41, 5.74) is 0.0524. The van der Waals surface area contributed by atoms with Gasteiger partial charge in [-0.1, -0.05) is 12.1 Å². The number of carbonyl (C=O) groups is 1. The average Bonchev–Trinajstić information content (AvgIpc) is 3.37. The van der Waals surface area contributed by atoms with Crippen LogP contribution in [0.25, 0.3) is 10.6 Å². The van der Waals surface area contributed by atoms with Gasteiger partial charge in [0.25, 0.3) is 5.56 Å². The fourth-order valence-corrected chi connectivity index (χ4v) is 3.60. The van der Waals surface area contributed by atoms with Gasteiger partial charge in [-0.05, 0) is 49.1 Å². The Morgan fingerprint density at radius 3 is 2.82 bits per heavy atom. The summed E-state index contributed by atoms with van der Waals surface area (Å²) >= 11 is 1.53. The lowest BCUT2D eigenvalue weighted by Gasteiger charge is -2.25. The van der Waals surface area contributed by atoms with Gasteiger partial charge in [-0.3, -0.25) is 9.59 Å². The summed E-state index contributed by atoms with van der Waals surface area (Å²) in [6.45, 7) is 3.86. The number of nitrogens with one attached hydrogen (secondary N) is 1. The molecule has 0 spiro atoms. The average molecular weight is 397 g/mol. The molecular weight excluding hydrogens is 378 g/mol. The molecule has 0 saturated heterocycles. The van der Waals surface area contributed by atoms with E-state index in [1.165, 1.54) is 22.1 Å². The smallest absolute Gasteiger partial charge is 0.267 e. The fourth-order valence-electron chi connectivity index (χ4n) is 2.91. The van der Waals surface area contributed by atoms with Crippen LogP contribution in [0.1, 0.15) is 19.4 Å². The Labute approximate surface area is 165 Å². The first-order valence-corrected chi connectivity index (χ1v) is 9.65. The second kappa shape index (κ2) is 7.12. The van der Waals surface area contributed by atoms with Gasteiger partial charge in [-0.2, -0.15) is 5.10 Å². The summed E-state index contributed by atoms with van der Waals surface area (Å²) < 4.78 is 11.9. The minimum atomic E-state index is -1.15.